The third-order valence-electron chi connectivity index (χ3n) is 2.75. The number of hydrogen-bond donors (Lipinski definition) is 2. The maximum atomic E-state index is 12.7. The number of aliphatic hydroxyl groups is 1. The second kappa shape index (κ2) is 4.07. The molecule has 0 amide bonds. The number of alkyl halides is 3. The van der Waals surface area contributed by atoms with Gasteiger partial charge in [-0.1, -0.05) is 18.2 Å². The number of aryl methyl sites for hydroxylation is 2. The van der Waals surface area contributed by atoms with Gasteiger partial charge < -0.3 is 10.8 Å². The molecule has 0 saturated heterocycles. The van der Waals surface area contributed by atoms with Crippen LogP contribution in [0.15, 0.2) is 18.2 Å². The molecule has 90 valence electrons. The number of nitrogens with two attached hydrogens (primary N) is 1. The minimum Gasteiger partial charge on any atom is -0.375 e. The van der Waals surface area contributed by atoms with Crippen LogP contribution in [0.2, 0.25) is 0 Å². The minimum atomic E-state index is -4.77. The molecule has 0 saturated carbocycles. The van der Waals surface area contributed by atoms with E-state index in [1.807, 2.05) is 0 Å². The van der Waals surface area contributed by atoms with Crippen LogP contribution in [0.25, 0.3) is 0 Å². The topological polar surface area (TPSA) is 46.2 Å². The van der Waals surface area contributed by atoms with E-state index in [2.05, 4.69) is 0 Å². The number of benzene rings is 1. The summed E-state index contributed by atoms with van der Waals surface area (Å²) < 4.78 is 38.1. The fourth-order valence-corrected chi connectivity index (χ4v) is 1.40. The molecule has 0 fully saturated rings. The van der Waals surface area contributed by atoms with Crippen LogP contribution in [0.5, 0.6) is 0 Å². The van der Waals surface area contributed by atoms with Gasteiger partial charge in [0.2, 0.25) is 0 Å². The second-order valence-electron chi connectivity index (χ2n) is 3.86. The lowest BCUT2D eigenvalue weighted by Gasteiger charge is -2.29. The van der Waals surface area contributed by atoms with Crippen molar-refractivity contribution in [3.8, 4) is 0 Å². The number of hydrogen-bond acceptors (Lipinski definition) is 2. The first-order valence-electron chi connectivity index (χ1n) is 4.79. The van der Waals surface area contributed by atoms with Crippen LogP contribution in [-0.2, 0) is 5.60 Å². The Hall–Kier alpha value is -1.07. The molecule has 0 radical (unpaired) electrons. The average Bonchev–Trinajstić information content (AvgIpc) is 2.19. The Morgan fingerprint density at radius 2 is 1.75 bits per heavy atom. The predicted molar refractivity (Wildman–Crippen MR) is 54.9 cm³/mol. The normalized spacial score (nSPS) is 15.9. The van der Waals surface area contributed by atoms with Gasteiger partial charge in [0.15, 0.2) is 5.60 Å². The predicted octanol–water partition coefficient (Wildman–Crippen LogP) is 2.01. The molecule has 16 heavy (non-hydrogen) atoms. The zero-order chi connectivity index (χ0) is 12.6. The summed E-state index contributed by atoms with van der Waals surface area (Å²) in [6.07, 6.45) is -4.77. The third-order valence-corrected chi connectivity index (χ3v) is 2.75. The molecule has 0 aliphatic heterocycles. The first-order valence-corrected chi connectivity index (χ1v) is 4.79. The molecule has 1 rings (SSSR count). The number of halogens is 3. The van der Waals surface area contributed by atoms with Crippen molar-refractivity contribution in [2.24, 2.45) is 5.73 Å². The van der Waals surface area contributed by atoms with Crippen LogP contribution in [0, 0.1) is 13.8 Å². The summed E-state index contributed by atoms with van der Waals surface area (Å²) in [7, 11) is 0. The van der Waals surface area contributed by atoms with E-state index in [9.17, 15) is 18.3 Å². The summed E-state index contributed by atoms with van der Waals surface area (Å²) in [6, 6.07) is 4.11. The summed E-state index contributed by atoms with van der Waals surface area (Å²) in [6.45, 7) is 2.58. The van der Waals surface area contributed by atoms with E-state index in [4.69, 9.17) is 5.73 Å². The van der Waals surface area contributed by atoms with Gasteiger partial charge in [-0.3, -0.25) is 0 Å². The molecular weight excluding hydrogens is 219 g/mol. The lowest BCUT2D eigenvalue weighted by molar-refractivity contribution is -0.262. The van der Waals surface area contributed by atoms with Crippen molar-refractivity contribution in [3.05, 3.63) is 34.9 Å². The molecule has 1 aromatic rings. The van der Waals surface area contributed by atoms with E-state index in [0.29, 0.717) is 5.56 Å². The highest BCUT2D eigenvalue weighted by molar-refractivity contribution is 5.34. The molecule has 0 aliphatic rings. The molecule has 1 aromatic carbocycles. The van der Waals surface area contributed by atoms with Crippen LogP contribution in [0.1, 0.15) is 16.7 Å². The summed E-state index contributed by atoms with van der Waals surface area (Å²) in [5.41, 5.74) is 3.41. The molecule has 1 unspecified atom stereocenters. The van der Waals surface area contributed by atoms with Crippen LogP contribution in [0.3, 0.4) is 0 Å². The molecular formula is C11H14F3NO. The number of rotatable bonds is 2. The van der Waals surface area contributed by atoms with Gasteiger partial charge in [-0.15, -0.1) is 0 Å². The van der Waals surface area contributed by atoms with Crippen molar-refractivity contribution < 1.29 is 18.3 Å². The molecule has 0 bridgehead atoms. The lowest BCUT2D eigenvalue weighted by Crippen LogP contribution is -2.48. The van der Waals surface area contributed by atoms with E-state index < -0.39 is 18.3 Å². The van der Waals surface area contributed by atoms with Gasteiger partial charge in [-0.05, 0) is 30.5 Å². The van der Waals surface area contributed by atoms with Gasteiger partial charge in [0, 0.05) is 6.54 Å². The highest BCUT2D eigenvalue weighted by atomic mass is 19.4. The largest absolute Gasteiger partial charge is 0.422 e. The summed E-state index contributed by atoms with van der Waals surface area (Å²) >= 11 is 0. The Bertz CT molecular complexity index is 389. The Morgan fingerprint density at radius 3 is 2.12 bits per heavy atom. The average molecular weight is 233 g/mol. The van der Waals surface area contributed by atoms with Crippen LogP contribution in [-0.4, -0.2) is 17.8 Å². The summed E-state index contributed by atoms with van der Waals surface area (Å²) in [5, 5.41) is 9.59. The smallest absolute Gasteiger partial charge is 0.375 e. The summed E-state index contributed by atoms with van der Waals surface area (Å²) in [5.74, 6) is 0. The van der Waals surface area contributed by atoms with E-state index >= 15 is 0 Å². The van der Waals surface area contributed by atoms with Crippen molar-refractivity contribution in [1.82, 2.24) is 0 Å². The standard InChI is InChI=1S/C11H14F3NO/c1-7-3-4-9(5-8(7)2)10(16,6-15)11(12,13)14/h3-5,16H,6,15H2,1-2H3. The highest BCUT2D eigenvalue weighted by Gasteiger charge is 2.54. The molecule has 2 nitrogen and oxygen atoms in total. The molecule has 0 aromatic heterocycles. The first-order chi connectivity index (χ1) is 7.22. The van der Waals surface area contributed by atoms with Gasteiger partial charge in [-0.2, -0.15) is 13.2 Å². The second-order valence-corrected chi connectivity index (χ2v) is 3.86. The lowest BCUT2D eigenvalue weighted by atomic mass is 9.91. The molecule has 3 N–H and O–H groups in total. The molecule has 0 heterocycles. The van der Waals surface area contributed by atoms with Gasteiger partial charge in [0.05, 0.1) is 0 Å². The Morgan fingerprint density at radius 1 is 1.19 bits per heavy atom. The maximum Gasteiger partial charge on any atom is 0.422 e. The molecule has 1 atom stereocenters. The van der Waals surface area contributed by atoms with Crippen LogP contribution in [0.4, 0.5) is 13.2 Å². The Balaban J connectivity index is 3.29. The van der Waals surface area contributed by atoms with Gasteiger partial charge in [0.1, 0.15) is 0 Å². The van der Waals surface area contributed by atoms with Crippen molar-refractivity contribution in [2.75, 3.05) is 6.54 Å². The zero-order valence-electron chi connectivity index (χ0n) is 9.10. The van der Waals surface area contributed by atoms with E-state index in [-0.39, 0.29) is 5.56 Å². The molecule has 5 heteroatoms. The monoisotopic (exact) mass is 233 g/mol. The highest BCUT2D eigenvalue weighted by Crippen LogP contribution is 2.38. The van der Waals surface area contributed by atoms with Gasteiger partial charge >= 0.3 is 6.18 Å². The van der Waals surface area contributed by atoms with E-state index in [1.54, 1.807) is 13.8 Å². The van der Waals surface area contributed by atoms with Crippen LogP contribution < -0.4 is 5.73 Å². The van der Waals surface area contributed by atoms with Crippen molar-refractivity contribution >= 4 is 0 Å². The van der Waals surface area contributed by atoms with Crippen molar-refractivity contribution in [2.45, 2.75) is 25.6 Å². The fraction of sp³-hybridized carbons (Fsp3) is 0.455. The fourth-order valence-electron chi connectivity index (χ4n) is 1.40. The maximum absolute atomic E-state index is 12.7. The minimum absolute atomic E-state index is 0.217. The van der Waals surface area contributed by atoms with E-state index in [0.717, 1.165) is 5.56 Å². The van der Waals surface area contributed by atoms with Crippen molar-refractivity contribution in [3.63, 3.8) is 0 Å². The van der Waals surface area contributed by atoms with Crippen LogP contribution >= 0.6 is 0 Å². The molecule has 0 spiro atoms. The SMILES string of the molecule is Cc1ccc(C(O)(CN)C(F)(F)F)cc1C. The zero-order valence-corrected chi connectivity index (χ0v) is 9.10. The van der Waals surface area contributed by atoms with E-state index in [1.165, 1.54) is 18.2 Å². The summed E-state index contributed by atoms with van der Waals surface area (Å²) in [4.78, 5) is 0. The molecule has 0 aliphatic carbocycles. The van der Waals surface area contributed by atoms with Gasteiger partial charge in [0.25, 0.3) is 0 Å². The quantitative estimate of drug-likeness (QED) is 0.820. The third kappa shape index (κ3) is 2.05. The van der Waals surface area contributed by atoms with Gasteiger partial charge in [-0.25, -0.2) is 0 Å². The van der Waals surface area contributed by atoms with Crippen molar-refractivity contribution in [1.29, 1.82) is 0 Å². The Kier molecular flexibility index (Phi) is 3.30. The first kappa shape index (κ1) is 13.0. The Labute approximate surface area is 91.9 Å².